The molecule has 0 bridgehead atoms. The Morgan fingerprint density at radius 2 is 2.00 bits per heavy atom. The first-order valence-electron chi connectivity index (χ1n) is 10.0. The van der Waals surface area contributed by atoms with Crippen LogP contribution in [0.5, 0.6) is 5.75 Å². The summed E-state index contributed by atoms with van der Waals surface area (Å²) < 4.78 is 19.1. The third kappa shape index (κ3) is 3.59. The van der Waals surface area contributed by atoms with E-state index in [1.165, 1.54) is 5.56 Å². The van der Waals surface area contributed by atoms with Gasteiger partial charge in [-0.15, -0.1) is 0 Å². The van der Waals surface area contributed by atoms with Crippen molar-refractivity contribution < 1.29 is 14.0 Å². The monoisotopic (exact) mass is 402 g/mol. The summed E-state index contributed by atoms with van der Waals surface area (Å²) in [6.07, 6.45) is -0.0228. The van der Waals surface area contributed by atoms with Gasteiger partial charge in [0.15, 0.2) is 5.69 Å². The van der Waals surface area contributed by atoms with Crippen LogP contribution in [0.1, 0.15) is 29.8 Å². The predicted octanol–water partition coefficient (Wildman–Crippen LogP) is 4.58. The van der Waals surface area contributed by atoms with E-state index in [4.69, 9.17) is 14.0 Å². The quantitative estimate of drug-likeness (QED) is 0.486. The highest BCUT2D eigenvalue weighted by Crippen LogP contribution is 2.30. The van der Waals surface area contributed by atoms with Crippen LogP contribution in [0, 0.1) is 6.92 Å². The molecule has 5 rings (SSSR count). The van der Waals surface area contributed by atoms with E-state index in [9.17, 15) is 0 Å². The topological polar surface area (TPSA) is 75.2 Å². The average Bonchev–Trinajstić information content (AvgIpc) is 3.41. The van der Waals surface area contributed by atoms with Gasteiger partial charge in [0.2, 0.25) is 5.82 Å². The summed E-state index contributed by atoms with van der Waals surface area (Å²) in [5.74, 6) is 1.67. The number of ether oxygens (including phenoxy) is 2. The molecule has 0 spiro atoms. The molecule has 30 heavy (non-hydrogen) atoms. The number of hydrogen-bond donors (Lipinski definition) is 0. The summed E-state index contributed by atoms with van der Waals surface area (Å²) >= 11 is 0. The Hall–Kier alpha value is -3.45. The van der Waals surface area contributed by atoms with Crippen LogP contribution in [0.4, 0.5) is 0 Å². The van der Waals surface area contributed by atoms with Gasteiger partial charge in [0, 0.05) is 5.56 Å². The minimum atomic E-state index is -0.0228. The average molecular weight is 402 g/mol. The molecule has 7 nitrogen and oxygen atoms in total. The summed E-state index contributed by atoms with van der Waals surface area (Å²) in [4.78, 5) is 4.53. The molecule has 1 aliphatic heterocycles. The first-order chi connectivity index (χ1) is 14.7. The van der Waals surface area contributed by atoms with Gasteiger partial charge in [-0.25, -0.2) is 0 Å². The van der Waals surface area contributed by atoms with Crippen molar-refractivity contribution in [2.45, 2.75) is 33.1 Å². The van der Waals surface area contributed by atoms with Crippen LogP contribution in [0.25, 0.3) is 23.0 Å². The van der Waals surface area contributed by atoms with E-state index in [1.54, 1.807) is 0 Å². The van der Waals surface area contributed by atoms with Gasteiger partial charge in [0.25, 0.3) is 5.89 Å². The molecule has 0 N–H and O–H groups in total. The first kappa shape index (κ1) is 18.6. The van der Waals surface area contributed by atoms with E-state index in [2.05, 4.69) is 46.4 Å². The lowest BCUT2D eigenvalue weighted by Crippen LogP contribution is -2.21. The molecular formula is C23H22N4O3. The normalized spacial score (nSPS) is 15.7. The molecule has 0 aliphatic carbocycles. The van der Waals surface area contributed by atoms with Gasteiger partial charge in [-0.2, -0.15) is 10.1 Å². The van der Waals surface area contributed by atoms with Crippen molar-refractivity contribution in [1.29, 1.82) is 0 Å². The highest BCUT2D eigenvalue weighted by atomic mass is 16.5. The third-order valence-electron chi connectivity index (χ3n) is 5.13. The Kier molecular flexibility index (Phi) is 4.80. The second kappa shape index (κ2) is 7.76. The number of fused-ring (bicyclic) bond motifs is 1. The summed E-state index contributed by atoms with van der Waals surface area (Å²) in [6.45, 7) is 5.77. The maximum Gasteiger partial charge on any atom is 0.278 e. The number of hydrogen-bond acceptors (Lipinski definition) is 6. The highest BCUT2D eigenvalue weighted by Gasteiger charge is 2.24. The molecule has 0 amide bonds. The molecule has 0 radical (unpaired) electrons. The van der Waals surface area contributed by atoms with Crippen LogP contribution in [-0.2, 0) is 17.9 Å². The lowest BCUT2D eigenvalue weighted by atomic mass is 10.1. The molecule has 0 fully saturated rings. The number of benzene rings is 2. The minimum Gasteiger partial charge on any atom is -0.494 e. The fourth-order valence-corrected chi connectivity index (χ4v) is 3.55. The molecule has 2 aromatic heterocycles. The van der Waals surface area contributed by atoms with Gasteiger partial charge in [0.05, 0.1) is 25.5 Å². The number of nitrogens with zero attached hydrogens (tertiary/aromatic N) is 4. The van der Waals surface area contributed by atoms with Crippen molar-refractivity contribution in [3.8, 4) is 28.7 Å². The molecule has 4 aromatic rings. The van der Waals surface area contributed by atoms with Crippen LogP contribution in [0.15, 0.2) is 59.1 Å². The van der Waals surface area contributed by atoms with Crippen molar-refractivity contribution in [2.24, 2.45) is 0 Å². The molecule has 1 unspecified atom stereocenters. The lowest BCUT2D eigenvalue weighted by Gasteiger charge is -2.24. The van der Waals surface area contributed by atoms with Crippen LogP contribution < -0.4 is 4.74 Å². The predicted molar refractivity (Wildman–Crippen MR) is 111 cm³/mol. The van der Waals surface area contributed by atoms with Crippen molar-refractivity contribution in [2.75, 3.05) is 6.61 Å². The van der Waals surface area contributed by atoms with Gasteiger partial charge < -0.3 is 14.0 Å². The van der Waals surface area contributed by atoms with E-state index in [1.807, 2.05) is 41.9 Å². The van der Waals surface area contributed by atoms with Gasteiger partial charge in [0.1, 0.15) is 11.9 Å². The van der Waals surface area contributed by atoms with E-state index in [0.717, 1.165) is 22.6 Å². The second-order valence-corrected chi connectivity index (χ2v) is 7.30. The lowest BCUT2D eigenvalue weighted by molar-refractivity contribution is -0.00113. The zero-order valence-corrected chi connectivity index (χ0v) is 16.9. The molecule has 2 aromatic carbocycles. The number of aromatic nitrogens is 4. The fourth-order valence-electron chi connectivity index (χ4n) is 3.55. The molecule has 152 valence electrons. The maximum absolute atomic E-state index is 6.05. The number of aryl methyl sites for hydroxylation is 1. The fraction of sp³-hybridized carbons (Fsp3) is 0.261. The summed E-state index contributed by atoms with van der Waals surface area (Å²) in [5.41, 5.74) is 4.86. The molecule has 0 saturated carbocycles. The van der Waals surface area contributed by atoms with E-state index in [-0.39, 0.29) is 6.10 Å². The van der Waals surface area contributed by atoms with Gasteiger partial charge >= 0.3 is 0 Å². The van der Waals surface area contributed by atoms with Crippen LogP contribution in [0.3, 0.4) is 0 Å². The SMILES string of the molecule is CCOc1cccc(-c2noc(-c3cc4n(n3)CC(c3ccc(C)cc3)OC4)n2)c1. The zero-order chi connectivity index (χ0) is 20.5. The number of rotatable bonds is 5. The molecular weight excluding hydrogens is 380 g/mol. The Morgan fingerprint density at radius 1 is 1.13 bits per heavy atom. The summed E-state index contributed by atoms with van der Waals surface area (Å²) in [7, 11) is 0. The largest absolute Gasteiger partial charge is 0.494 e. The van der Waals surface area contributed by atoms with Crippen molar-refractivity contribution in [3.63, 3.8) is 0 Å². The Labute approximate surface area is 174 Å². The van der Waals surface area contributed by atoms with E-state index in [0.29, 0.717) is 37.2 Å². The van der Waals surface area contributed by atoms with Crippen molar-refractivity contribution in [1.82, 2.24) is 19.9 Å². The smallest absolute Gasteiger partial charge is 0.278 e. The van der Waals surface area contributed by atoms with Gasteiger partial charge in [-0.1, -0.05) is 47.1 Å². The molecule has 1 aliphatic rings. The maximum atomic E-state index is 6.05. The van der Waals surface area contributed by atoms with Crippen LogP contribution >= 0.6 is 0 Å². The van der Waals surface area contributed by atoms with E-state index >= 15 is 0 Å². The molecule has 1 atom stereocenters. The highest BCUT2D eigenvalue weighted by molar-refractivity contribution is 5.59. The van der Waals surface area contributed by atoms with Crippen molar-refractivity contribution in [3.05, 3.63) is 71.4 Å². The Morgan fingerprint density at radius 3 is 2.83 bits per heavy atom. The second-order valence-electron chi connectivity index (χ2n) is 7.30. The summed E-state index contributed by atoms with van der Waals surface area (Å²) in [5, 5.41) is 8.80. The van der Waals surface area contributed by atoms with Gasteiger partial charge in [-0.05, 0) is 37.6 Å². The molecule has 7 heteroatoms. The third-order valence-corrected chi connectivity index (χ3v) is 5.13. The van der Waals surface area contributed by atoms with E-state index < -0.39 is 0 Å². The van der Waals surface area contributed by atoms with Crippen LogP contribution in [-0.4, -0.2) is 26.5 Å². The Balaban J connectivity index is 1.37. The van der Waals surface area contributed by atoms with Crippen LogP contribution in [0.2, 0.25) is 0 Å². The summed E-state index contributed by atoms with van der Waals surface area (Å²) in [6, 6.07) is 18.0. The molecule has 0 saturated heterocycles. The molecule has 3 heterocycles. The van der Waals surface area contributed by atoms with Crippen molar-refractivity contribution >= 4 is 0 Å². The van der Waals surface area contributed by atoms with Gasteiger partial charge in [-0.3, -0.25) is 4.68 Å². The zero-order valence-electron chi connectivity index (χ0n) is 16.9. The standard InChI is InChI=1S/C23H22N4O3/c1-3-28-19-6-4-5-17(11-19)22-24-23(30-26-22)20-12-18-14-29-21(13-27(18)25-20)16-9-7-15(2)8-10-16/h4-12,21H,3,13-14H2,1-2H3. The first-order valence-corrected chi connectivity index (χ1v) is 10.0. The minimum absolute atomic E-state index is 0.0228. The Bertz CT molecular complexity index is 1160.